The van der Waals surface area contributed by atoms with Gasteiger partial charge in [-0.25, -0.2) is 0 Å². The maximum Gasteiger partial charge on any atom is 0.0416 e. The van der Waals surface area contributed by atoms with Crippen molar-refractivity contribution in [2.75, 3.05) is 12.3 Å². The number of nitrogens with zero attached hydrogens (tertiary/aromatic N) is 1. The number of hydrogen-bond acceptors (Lipinski definition) is 3. The molecule has 1 aliphatic carbocycles. The molecule has 2 atom stereocenters. The van der Waals surface area contributed by atoms with E-state index in [-0.39, 0.29) is 0 Å². The van der Waals surface area contributed by atoms with Crippen LogP contribution >= 0.6 is 11.8 Å². The van der Waals surface area contributed by atoms with Gasteiger partial charge in [-0.1, -0.05) is 13.0 Å². The zero-order valence-electron chi connectivity index (χ0n) is 10.6. The Hall–Kier alpha value is -0.540. The van der Waals surface area contributed by atoms with Crippen molar-refractivity contribution in [3.63, 3.8) is 0 Å². The molecule has 0 spiro atoms. The predicted molar refractivity (Wildman–Crippen MR) is 75.5 cm³/mol. The molecule has 2 nitrogen and oxygen atoms in total. The molecule has 0 aromatic carbocycles. The van der Waals surface area contributed by atoms with Crippen molar-refractivity contribution >= 4 is 11.8 Å². The van der Waals surface area contributed by atoms with Gasteiger partial charge in [0.25, 0.3) is 0 Å². The summed E-state index contributed by atoms with van der Waals surface area (Å²) in [5.41, 5.74) is 1.19. The smallest absolute Gasteiger partial charge is 0.0416 e. The summed E-state index contributed by atoms with van der Waals surface area (Å²) in [6, 6.07) is 6.88. The second-order valence-corrected chi connectivity index (χ2v) is 6.19. The van der Waals surface area contributed by atoms with Gasteiger partial charge in [0.2, 0.25) is 0 Å². The molecule has 0 radical (unpaired) electrons. The number of rotatable bonds is 6. The second kappa shape index (κ2) is 7.02. The van der Waals surface area contributed by atoms with Gasteiger partial charge in [-0.2, -0.15) is 11.8 Å². The molecule has 0 bridgehead atoms. The molecular formula is C14H22N2S. The minimum absolute atomic E-state index is 0.739. The summed E-state index contributed by atoms with van der Waals surface area (Å²) in [5.74, 6) is 1.26. The Labute approximate surface area is 109 Å². The molecule has 3 heteroatoms. The van der Waals surface area contributed by atoms with Crippen LogP contribution in [-0.2, 0) is 6.42 Å². The minimum atomic E-state index is 0.739. The Bertz CT molecular complexity index is 315. The van der Waals surface area contributed by atoms with Gasteiger partial charge in [0, 0.05) is 36.1 Å². The number of hydrogen-bond donors (Lipinski definition) is 1. The first-order chi connectivity index (χ1) is 8.38. The van der Waals surface area contributed by atoms with Crippen LogP contribution in [0.4, 0.5) is 0 Å². The van der Waals surface area contributed by atoms with Crippen molar-refractivity contribution in [1.82, 2.24) is 10.3 Å². The second-order valence-electron chi connectivity index (χ2n) is 4.61. The van der Waals surface area contributed by atoms with E-state index in [0.29, 0.717) is 0 Å². The Morgan fingerprint density at radius 2 is 2.35 bits per heavy atom. The first-order valence-corrected chi connectivity index (χ1v) is 7.68. The van der Waals surface area contributed by atoms with Gasteiger partial charge in [0.15, 0.2) is 0 Å². The van der Waals surface area contributed by atoms with E-state index in [1.165, 1.54) is 30.7 Å². The quantitative estimate of drug-likeness (QED) is 0.840. The van der Waals surface area contributed by atoms with Gasteiger partial charge >= 0.3 is 0 Å². The standard InChI is InChI=1S/C14H22N2S/c1-2-17-14-7-6-13(11-14)16-10-8-12-5-3-4-9-15-12/h3-5,9,13-14,16H,2,6-8,10-11H2,1H3. The van der Waals surface area contributed by atoms with Crippen molar-refractivity contribution in [3.8, 4) is 0 Å². The molecule has 0 amide bonds. The highest BCUT2D eigenvalue weighted by Crippen LogP contribution is 2.29. The molecule has 1 aromatic heterocycles. The Kier molecular flexibility index (Phi) is 5.33. The number of thioether (sulfide) groups is 1. The van der Waals surface area contributed by atoms with E-state index in [9.17, 15) is 0 Å². The Morgan fingerprint density at radius 1 is 1.41 bits per heavy atom. The minimum Gasteiger partial charge on any atom is -0.314 e. The average Bonchev–Trinajstić information content (AvgIpc) is 2.79. The van der Waals surface area contributed by atoms with E-state index >= 15 is 0 Å². The molecule has 1 aromatic rings. The fourth-order valence-corrected chi connectivity index (χ4v) is 3.61. The summed E-state index contributed by atoms with van der Waals surface area (Å²) < 4.78 is 0. The molecule has 17 heavy (non-hydrogen) atoms. The van der Waals surface area contributed by atoms with Crippen LogP contribution in [-0.4, -0.2) is 28.6 Å². The third-order valence-corrected chi connectivity index (χ3v) is 4.56. The molecule has 0 aliphatic heterocycles. The maximum absolute atomic E-state index is 4.34. The summed E-state index contributed by atoms with van der Waals surface area (Å²) in [5, 5.41) is 4.56. The van der Waals surface area contributed by atoms with Crippen LogP contribution in [0.1, 0.15) is 31.9 Å². The predicted octanol–water partition coefficient (Wildman–Crippen LogP) is 2.89. The topological polar surface area (TPSA) is 24.9 Å². The van der Waals surface area contributed by atoms with Gasteiger partial charge in [0.05, 0.1) is 0 Å². The fourth-order valence-electron chi connectivity index (χ4n) is 2.46. The van der Waals surface area contributed by atoms with Gasteiger partial charge in [-0.15, -0.1) is 0 Å². The molecule has 2 rings (SSSR count). The van der Waals surface area contributed by atoms with Gasteiger partial charge in [0.1, 0.15) is 0 Å². The lowest BCUT2D eigenvalue weighted by Crippen LogP contribution is -2.28. The lowest BCUT2D eigenvalue weighted by Gasteiger charge is -2.12. The summed E-state index contributed by atoms with van der Waals surface area (Å²) >= 11 is 2.12. The largest absolute Gasteiger partial charge is 0.314 e. The SMILES string of the molecule is CCSC1CCC(NCCc2ccccn2)C1. The lowest BCUT2D eigenvalue weighted by molar-refractivity contribution is 0.527. The molecule has 2 unspecified atom stereocenters. The molecule has 1 aliphatic rings. The average molecular weight is 250 g/mol. The van der Waals surface area contributed by atoms with Crippen LogP contribution in [0.2, 0.25) is 0 Å². The van der Waals surface area contributed by atoms with Crippen LogP contribution in [0.3, 0.4) is 0 Å². The molecule has 1 saturated carbocycles. The van der Waals surface area contributed by atoms with Crippen molar-refractivity contribution in [3.05, 3.63) is 30.1 Å². The fraction of sp³-hybridized carbons (Fsp3) is 0.643. The van der Waals surface area contributed by atoms with Crippen molar-refractivity contribution in [1.29, 1.82) is 0 Å². The van der Waals surface area contributed by atoms with E-state index < -0.39 is 0 Å². The molecule has 1 N–H and O–H groups in total. The summed E-state index contributed by atoms with van der Waals surface area (Å²) in [6.07, 6.45) is 7.00. The monoisotopic (exact) mass is 250 g/mol. The molecule has 1 fully saturated rings. The van der Waals surface area contributed by atoms with Gasteiger partial charge in [-0.3, -0.25) is 4.98 Å². The molecular weight excluding hydrogens is 228 g/mol. The third-order valence-electron chi connectivity index (χ3n) is 3.33. The zero-order valence-corrected chi connectivity index (χ0v) is 11.4. The van der Waals surface area contributed by atoms with Crippen molar-refractivity contribution in [2.24, 2.45) is 0 Å². The maximum atomic E-state index is 4.34. The summed E-state index contributed by atoms with van der Waals surface area (Å²) in [6.45, 7) is 3.32. The first kappa shape index (κ1) is 12.9. The van der Waals surface area contributed by atoms with Crippen molar-refractivity contribution in [2.45, 2.75) is 43.9 Å². The van der Waals surface area contributed by atoms with Crippen LogP contribution in [0.5, 0.6) is 0 Å². The number of pyridine rings is 1. The lowest BCUT2D eigenvalue weighted by atomic mass is 10.2. The van der Waals surface area contributed by atoms with Gasteiger partial charge in [-0.05, 0) is 37.1 Å². The molecule has 1 heterocycles. The van der Waals surface area contributed by atoms with Crippen LogP contribution in [0, 0.1) is 0 Å². The summed E-state index contributed by atoms with van der Waals surface area (Å²) in [7, 11) is 0. The van der Waals surface area contributed by atoms with Crippen molar-refractivity contribution < 1.29 is 0 Å². The normalized spacial score (nSPS) is 24.1. The van der Waals surface area contributed by atoms with E-state index in [2.05, 4.69) is 41.1 Å². The first-order valence-electron chi connectivity index (χ1n) is 6.63. The van der Waals surface area contributed by atoms with E-state index in [1.807, 2.05) is 12.3 Å². The zero-order chi connectivity index (χ0) is 11.9. The number of nitrogens with one attached hydrogen (secondary N) is 1. The Balaban J connectivity index is 1.63. The highest BCUT2D eigenvalue weighted by molar-refractivity contribution is 7.99. The highest BCUT2D eigenvalue weighted by atomic mass is 32.2. The van der Waals surface area contributed by atoms with Crippen LogP contribution in [0.25, 0.3) is 0 Å². The van der Waals surface area contributed by atoms with E-state index in [0.717, 1.165) is 24.3 Å². The highest BCUT2D eigenvalue weighted by Gasteiger charge is 2.23. The van der Waals surface area contributed by atoms with E-state index in [1.54, 1.807) is 0 Å². The Morgan fingerprint density at radius 3 is 3.12 bits per heavy atom. The van der Waals surface area contributed by atoms with E-state index in [4.69, 9.17) is 0 Å². The van der Waals surface area contributed by atoms with Gasteiger partial charge < -0.3 is 5.32 Å². The third kappa shape index (κ3) is 4.32. The summed E-state index contributed by atoms with van der Waals surface area (Å²) in [4.78, 5) is 4.34. The number of aromatic nitrogens is 1. The van der Waals surface area contributed by atoms with Crippen LogP contribution in [0.15, 0.2) is 24.4 Å². The van der Waals surface area contributed by atoms with Crippen LogP contribution < -0.4 is 5.32 Å². The molecule has 94 valence electrons. The molecule has 0 saturated heterocycles.